The summed E-state index contributed by atoms with van der Waals surface area (Å²) in [5.74, 6) is 2.14. The Kier molecular flexibility index (Phi) is 4.29. The topological polar surface area (TPSA) is 82.8 Å². The number of hydrogen-bond donors (Lipinski definition) is 2. The third-order valence-electron chi connectivity index (χ3n) is 3.39. The van der Waals surface area contributed by atoms with E-state index in [2.05, 4.69) is 19.2 Å². The number of benzene rings is 1. The molecule has 2 aromatic rings. The molecule has 1 aromatic heterocycles. The van der Waals surface area contributed by atoms with Crippen molar-refractivity contribution < 1.29 is 19.0 Å². The molecule has 0 spiro atoms. The van der Waals surface area contributed by atoms with Crippen molar-refractivity contribution in [3.05, 3.63) is 34.7 Å². The van der Waals surface area contributed by atoms with Crippen LogP contribution in [0.15, 0.2) is 24.3 Å². The minimum atomic E-state index is -0.539. The van der Waals surface area contributed by atoms with Crippen molar-refractivity contribution in [2.75, 3.05) is 12.5 Å². The molecular weight excluding hydrogens is 316 g/mol. The van der Waals surface area contributed by atoms with Gasteiger partial charge in [-0.05, 0) is 29.7 Å². The maximum Gasteiger partial charge on any atom is 0.412 e. The van der Waals surface area contributed by atoms with Crippen LogP contribution >= 0.6 is 11.3 Å². The Labute approximate surface area is 138 Å². The Morgan fingerprint density at radius 3 is 2.87 bits per heavy atom. The van der Waals surface area contributed by atoms with Crippen LogP contribution in [0.3, 0.4) is 0 Å². The van der Waals surface area contributed by atoms with E-state index in [1.54, 1.807) is 0 Å². The molecule has 3 N–H and O–H groups in total. The van der Waals surface area contributed by atoms with Crippen molar-refractivity contribution in [1.29, 1.82) is 0 Å². The van der Waals surface area contributed by atoms with Gasteiger partial charge < -0.3 is 25.3 Å². The summed E-state index contributed by atoms with van der Waals surface area (Å²) in [6.45, 7) is 4.68. The highest BCUT2D eigenvalue weighted by Gasteiger charge is 2.15. The largest absolute Gasteiger partial charge is 0.454 e. The lowest BCUT2D eigenvalue weighted by molar-refractivity contribution is 0.174. The molecule has 0 saturated heterocycles. The summed E-state index contributed by atoms with van der Waals surface area (Å²) in [5, 5.41) is 3.20. The normalized spacial score (nSPS) is 12.5. The van der Waals surface area contributed by atoms with Crippen LogP contribution < -0.4 is 25.3 Å². The van der Waals surface area contributed by atoms with Crippen molar-refractivity contribution in [2.24, 2.45) is 0 Å². The molecule has 2 heterocycles. The first-order valence-corrected chi connectivity index (χ1v) is 8.08. The lowest BCUT2D eigenvalue weighted by Crippen LogP contribution is -2.26. The second-order valence-electron chi connectivity index (χ2n) is 5.46. The summed E-state index contributed by atoms with van der Waals surface area (Å²) in [7, 11) is 0. The number of hydrogen-bond acceptors (Lipinski definition) is 6. The summed E-state index contributed by atoms with van der Waals surface area (Å²) in [6, 6.07) is 7.32. The van der Waals surface area contributed by atoms with Crippen LogP contribution in [0.5, 0.6) is 17.2 Å². The molecule has 23 heavy (non-hydrogen) atoms. The smallest absolute Gasteiger partial charge is 0.412 e. The second-order valence-corrected chi connectivity index (χ2v) is 6.58. The van der Waals surface area contributed by atoms with E-state index in [4.69, 9.17) is 19.9 Å². The molecule has 122 valence electrons. The molecule has 1 aliphatic heterocycles. The Morgan fingerprint density at radius 2 is 2.13 bits per heavy atom. The number of amides is 1. The van der Waals surface area contributed by atoms with Crippen LogP contribution in [-0.2, 0) is 6.54 Å². The molecule has 0 aliphatic carbocycles. The fourth-order valence-electron chi connectivity index (χ4n) is 2.13. The highest BCUT2D eigenvalue weighted by Crippen LogP contribution is 2.36. The van der Waals surface area contributed by atoms with Crippen LogP contribution in [0.1, 0.15) is 30.2 Å². The van der Waals surface area contributed by atoms with Crippen LogP contribution in [0.25, 0.3) is 0 Å². The molecule has 1 aliphatic rings. The van der Waals surface area contributed by atoms with E-state index in [1.165, 1.54) is 11.3 Å². The zero-order chi connectivity index (χ0) is 16.4. The van der Waals surface area contributed by atoms with E-state index >= 15 is 0 Å². The molecule has 0 unspecified atom stereocenters. The van der Waals surface area contributed by atoms with Crippen molar-refractivity contribution in [3.8, 4) is 17.2 Å². The van der Waals surface area contributed by atoms with Gasteiger partial charge in [-0.3, -0.25) is 0 Å². The molecule has 7 heteroatoms. The van der Waals surface area contributed by atoms with E-state index in [9.17, 15) is 4.79 Å². The molecule has 0 saturated carbocycles. The van der Waals surface area contributed by atoms with Gasteiger partial charge in [0.1, 0.15) is 5.00 Å². The predicted molar refractivity (Wildman–Crippen MR) is 88.2 cm³/mol. The van der Waals surface area contributed by atoms with E-state index in [0.29, 0.717) is 34.7 Å². The monoisotopic (exact) mass is 334 g/mol. The summed E-state index contributed by atoms with van der Waals surface area (Å²) < 4.78 is 15.8. The van der Waals surface area contributed by atoms with Gasteiger partial charge in [0.2, 0.25) is 6.79 Å². The van der Waals surface area contributed by atoms with Gasteiger partial charge >= 0.3 is 6.09 Å². The number of carbonyl (C=O) groups excluding carboxylic acids is 1. The molecule has 6 nitrogen and oxygen atoms in total. The lowest BCUT2D eigenvalue weighted by atomic mass is 10.2. The van der Waals surface area contributed by atoms with E-state index in [1.807, 2.05) is 24.3 Å². The third-order valence-corrected chi connectivity index (χ3v) is 4.64. The van der Waals surface area contributed by atoms with E-state index in [0.717, 1.165) is 10.4 Å². The van der Waals surface area contributed by atoms with Crippen LogP contribution in [0.4, 0.5) is 9.80 Å². The number of nitrogen functional groups attached to an aromatic ring is 1. The van der Waals surface area contributed by atoms with Gasteiger partial charge in [-0.1, -0.05) is 19.9 Å². The van der Waals surface area contributed by atoms with Crippen LogP contribution in [0, 0.1) is 0 Å². The van der Waals surface area contributed by atoms with Crippen molar-refractivity contribution >= 4 is 22.4 Å². The fourth-order valence-corrected chi connectivity index (χ4v) is 2.99. The molecule has 1 amide bonds. The Morgan fingerprint density at radius 1 is 1.35 bits per heavy atom. The highest BCUT2D eigenvalue weighted by atomic mass is 32.1. The summed E-state index contributed by atoms with van der Waals surface area (Å²) in [6.07, 6.45) is -0.539. The highest BCUT2D eigenvalue weighted by molar-refractivity contribution is 7.16. The number of nitrogens with one attached hydrogen (secondary N) is 1. The number of fused-ring (bicyclic) bond motifs is 1. The third kappa shape index (κ3) is 3.50. The van der Waals surface area contributed by atoms with Crippen LogP contribution in [-0.4, -0.2) is 12.9 Å². The minimum Gasteiger partial charge on any atom is -0.454 e. The summed E-state index contributed by atoms with van der Waals surface area (Å²) in [4.78, 5) is 13.0. The van der Waals surface area contributed by atoms with Gasteiger partial charge in [0.05, 0.1) is 0 Å². The Hall–Kier alpha value is -2.41. The predicted octanol–water partition coefficient (Wildman–Crippen LogP) is 3.47. The number of nitrogens with two attached hydrogens (primary N) is 1. The van der Waals surface area contributed by atoms with Gasteiger partial charge in [0, 0.05) is 11.4 Å². The lowest BCUT2D eigenvalue weighted by Gasteiger charge is -2.07. The number of carbonyl (C=O) groups is 1. The van der Waals surface area contributed by atoms with Crippen molar-refractivity contribution in [3.63, 3.8) is 0 Å². The number of ether oxygens (including phenoxy) is 3. The SMILES string of the molecule is CC(C)c1cc(OC(=O)NCc2ccc3c(c2)OCO3)c(N)s1. The Balaban J connectivity index is 1.57. The average Bonchev–Trinajstić information content (AvgIpc) is 3.12. The quantitative estimate of drug-likeness (QED) is 0.894. The number of anilines is 1. The molecule has 1 aromatic carbocycles. The van der Waals surface area contributed by atoms with Gasteiger partial charge in [-0.25, -0.2) is 4.79 Å². The Bertz CT molecular complexity index is 727. The standard InChI is InChI=1S/C16H18N2O4S/c1-9(2)14-6-13(15(17)23-14)22-16(19)18-7-10-3-4-11-12(5-10)21-8-20-11/h3-6,9H,7-8,17H2,1-2H3,(H,18,19). The molecular formula is C16H18N2O4S. The van der Waals surface area contributed by atoms with E-state index < -0.39 is 6.09 Å². The summed E-state index contributed by atoms with van der Waals surface area (Å²) >= 11 is 1.43. The zero-order valence-corrected chi connectivity index (χ0v) is 13.7. The van der Waals surface area contributed by atoms with Gasteiger partial charge in [0.15, 0.2) is 17.2 Å². The number of thiophene rings is 1. The first-order valence-electron chi connectivity index (χ1n) is 7.26. The van der Waals surface area contributed by atoms with Gasteiger partial charge in [-0.15, -0.1) is 11.3 Å². The first-order chi connectivity index (χ1) is 11.0. The van der Waals surface area contributed by atoms with Crippen molar-refractivity contribution in [1.82, 2.24) is 5.32 Å². The number of rotatable bonds is 4. The van der Waals surface area contributed by atoms with Crippen molar-refractivity contribution in [2.45, 2.75) is 26.3 Å². The average molecular weight is 334 g/mol. The molecule has 0 radical (unpaired) electrons. The summed E-state index contributed by atoms with van der Waals surface area (Å²) in [5.41, 5.74) is 6.78. The molecule has 0 bridgehead atoms. The molecule has 0 fully saturated rings. The maximum atomic E-state index is 11.9. The van der Waals surface area contributed by atoms with Crippen LogP contribution in [0.2, 0.25) is 0 Å². The molecule has 3 rings (SSSR count). The molecule has 0 atom stereocenters. The maximum absolute atomic E-state index is 11.9. The van der Waals surface area contributed by atoms with Gasteiger partial charge in [-0.2, -0.15) is 0 Å². The zero-order valence-electron chi connectivity index (χ0n) is 12.9. The minimum absolute atomic E-state index is 0.226. The van der Waals surface area contributed by atoms with Gasteiger partial charge in [0.25, 0.3) is 0 Å². The first kappa shape index (κ1) is 15.5. The fraction of sp³-hybridized carbons (Fsp3) is 0.312. The second kappa shape index (κ2) is 6.37. The van der Waals surface area contributed by atoms with E-state index in [-0.39, 0.29) is 6.79 Å².